The van der Waals surface area contributed by atoms with Crippen LogP contribution in [0.15, 0.2) is 18.2 Å². The first-order valence-corrected chi connectivity index (χ1v) is 7.55. The van der Waals surface area contributed by atoms with Gasteiger partial charge in [-0.3, -0.25) is 0 Å². The number of rotatable bonds is 4. The lowest BCUT2D eigenvalue weighted by Gasteiger charge is -2.22. The predicted molar refractivity (Wildman–Crippen MR) is 73.2 cm³/mol. The van der Waals surface area contributed by atoms with Gasteiger partial charge >= 0.3 is 14.1 Å². The van der Waals surface area contributed by atoms with Crippen LogP contribution < -0.4 is 5.32 Å². The van der Waals surface area contributed by atoms with Crippen molar-refractivity contribution in [3.8, 4) is 0 Å². The zero-order chi connectivity index (χ0) is 16.2. The number of hydrogen-bond donors (Lipinski definition) is 2. The van der Waals surface area contributed by atoms with Gasteiger partial charge in [0.1, 0.15) is 23.3 Å². The number of benzene rings is 1. The average Bonchev–Trinajstić information content (AvgIpc) is 2.23. The third kappa shape index (κ3) is 6.60. The van der Waals surface area contributed by atoms with E-state index in [1.165, 1.54) is 0 Å². The van der Waals surface area contributed by atoms with Gasteiger partial charge in [-0.05, 0) is 43.0 Å². The summed E-state index contributed by atoms with van der Waals surface area (Å²) >= 11 is 0. The first kappa shape index (κ1) is 17.5. The molecule has 0 aromatic heterocycles. The standard InChI is InChI=1S/C13H16F2NO4P/c1-13(2,3)20-12(17)16-11(7-21(18)19)8-4-9(14)6-10(15)5-8/h4-6,11H,7H2,1-3H3,(H-,16,17,18,19)/p+1. The molecule has 116 valence electrons. The minimum Gasteiger partial charge on any atom is -0.444 e. The molecule has 1 aromatic rings. The van der Waals surface area contributed by atoms with Crippen molar-refractivity contribution in [3.05, 3.63) is 35.4 Å². The monoisotopic (exact) mass is 320 g/mol. The van der Waals surface area contributed by atoms with Crippen molar-refractivity contribution in [2.24, 2.45) is 0 Å². The number of hydrogen-bond acceptors (Lipinski definition) is 3. The lowest BCUT2D eigenvalue weighted by atomic mass is 10.1. The summed E-state index contributed by atoms with van der Waals surface area (Å²) in [6, 6.07) is 1.62. The molecular weight excluding hydrogens is 303 g/mol. The molecule has 1 amide bonds. The summed E-state index contributed by atoms with van der Waals surface area (Å²) < 4.78 is 42.4. The Morgan fingerprint density at radius 3 is 2.29 bits per heavy atom. The van der Waals surface area contributed by atoms with E-state index in [-0.39, 0.29) is 11.7 Å². The minimum absolute atomic E-state index is 0.0516. The number of halogens is 2. The van der Waals surface area contributed by atoms with Crippen molar-refractivity contribution in [1.82, 2.24) is 5.32 Å². The van der Waals surface area contributed by atoms with Crippen molar-refractivity contribution in [2.75, 3.05) is 6.16 Å². The van der Waals surface area contributed by atoms with Crippen molar-refractivity contribution >= 4 is 14.1 Å². The minimum atomic E-state index is -2.61. The van der Waals surface area contributed by atoms with Crippen LogP contribution in [0.4, 0.5) is 13.6 Å². The lowest BCUT2D eigenvalue weighted by Crippen LogP contribution is -2.36. The molecule has 0 aliphatic carbocycles. The summed E-state index contributed by atoms with van der Waals surface area (Å²) in [6.07, 6.45) is -1.22. The van der Waals surface area contributed by atoms with Gasteiger partial charge in [0.25, 0.3) is 0 Å². The Bertz CT molecular complexity index is 525. The van der Waals surface area contributed by atoms with Gasteiger partial charge in [-0.1, -0.05) is 0 Å². The molecule has 0 radical (unpaired) electrons. The highest BCUT2D eigenvalue weighted by Gasteiger charge is 2.27. The van der Waals surface area contributed by atoms with Crippen molar-refractivity contribution < 1.29 is 27.8 Å². The average molecular weight is 320 g/mol. The normalized spacial score (nSPS) is 13.5. The van der Waals surface area contributed by atoms with Gasteiger partial charge in [0.05, 0.1) is 0 Å². The van der Waals surface area contributed by atoms with E-state index in [0.717, 1.165) is 12.1 Å². The second-order valence-corrected chi connectivity index (χ2v) is 6.51. The summed E-state index contributed by atoms with van der Waals surface area (Å²) in [5, 5.41) is 2.34. The zero-order valence-corrected chi connectivity index (χ0v) is 12.8. The summed E-state index contributed by atoms with van der Waals surface area (Å²) in [6.45, 7) is 4.95. The molecule has 5 nitrogen and oxygen atoms in total. The van der Waals surface area contributed by atoms with Crippen LogP contribution in [-0.2, 0) is 9.30 Å². The Kier molecular flexibility index (Phi) is 5.75. The fourth-order valence-electron chi connectivity index (χ4n) is 1.62. The Morgan fingerprint density at radius 2 is 1.86 bits per heavy atom. The van der Waals surface area contributed by atoms with Crippen LogP contribution in [0.5, 0.6) is 0 Å². The molecule has 1 rings (SSSR count). The molecule has 0 spiro atoms. The predicted octanol–water partition coefficient (Wildman–Crippen LogP) is 3.27. The van der Waals surface area contributed by atoms with Crippen LogP contribution in [0.2, 0.25) is 0 Å². The molecule has 1 aromatic carbocycles. The van der Waals surface area contributed by atoms with Crippen molar-refractivity contribution in [2.45, 2.75) is 32.4 Å². The van der Waals surface area contributed by atoms with Gasteiger partial charge in [0.2, 0.25) is 6.16 Å². The highest BCUT2D eigenvalue weighted by molar-refractivity contribution is 7.38. The lowest BCUT2D eigenvalue weighted by molar-refractivity contribution is 0.0508. The van der Waals surface area contributed by atoms with E-state index in [9.17, 15) is 18.1 Å². The number of amides is 1. The third-order valence-corrected chi connectivity index (χ3v) is 2.99. The van der Waals surface area contributed by atoms with Crippen LogP contribution in [0, 0.1) is 11.6 Å². The highest BCUT2D eigenvalue weighted by atomic mass is 31.1. The van der Waals surface area contributed by atoms with Gasteiger partial charge in [0.15, 0.2) is 0 Å². The number of nitrogens with one attached hydrogen (secondary N) is 1. The molecule has 0 aliphatic rings. The second kappa shape index (κ2) is 6.91. The van der Waals surface area contributed by atoms with Crippen molar-refractivity contribution in [3.63, 3.8) is 0 Å². The molecule has 0 saturated heterocycles. The Hall–Kier alpha value is -1.59. The van der Waals surface area contributed by atoms with Crippen LogP contribution in [-0.4, -0.2) is 22.7 Å². The van der Waals surface area contributed by atoms with E-state index >= 15 is 0 Å². The Labute approximate surface area is 122 Å². The summed E-state index contributed by atoms with van der Waals surface area (Å²) in [4.78, 5) is 20.7. The molecule has 0 saturated carbocycles. The summed E-state index contributed by atoms with van der Waals surface area (Å²) in [7, 11) is -2.61. The molecule has 0 aliphatic heterocycles. The zero-order valence-electron chi connectivity index (χ0n) is 11.9. The van der Waals surface area contributed by atoms with E-state index in [1.807, 2.05) is 0 Å². The van der Waals surface area contributed by atoms with Crippen LogP contribution >= 0.6 is 8.03 Å². The van der Waals surface area contributed by atoms with E-state index in [4.69, 9.17) is 9.63 Å². The smallest absolute Gasteiger partial charge is 0.444 e. The molecular formula is C13H17F2NO4P+. The summed E-state index contributed by atoms with van der Waals surface area (Å²) in [5.41, 5.74) is -0.709. The van der Waals surface area contributed by atoms with E-state index in [0.29, 0.717) is 6.07 Å². The van der Waals surface area contributed by atoms with Crippen LogP contribution in [0.3, 0.4) is 0 Å². The maximum atomic E-state index is 13.2. The molecule has 21 heavy (non-hydrogen) atoms. The fourth-order valence-corrected chi connectivity index (χ4v) is 2.23. The maximum absolute atomic E-state index is 13.2. The van der Waals surface area contributed by atoms with Gasteiger partial charge in [0, 0.05) is 6.07 Å². The molecule has 2 N–H and O–H groups in total. The van der Waals surface area contributed by atoms with Gasteiger partial charge in [-0.15, -0.1) is 0 Å². The Morgan fingerprint density at radius 1 is 1.33 bits per heavy atom. The first-order valence-electron chi connectivity index (χ1n) is 6.16. The van der Waals surface area contributed by atoms with Gasteiger partial charge in [-0.25, -0.2) is 13.6 Å². The fraction of sp³-hybridized carbons (Fsp3) is 0.462. The molecule has 0 fully saturated rings. The van der Waals surface area contributed by atoms with Gasteiger partial charge in [-0.2, -0.15) is 4.89 Å². The molecule has 2 atom stereocenters. The summed E-state index contributed by atoms with van der Waals surface area (Å²) in [5.74, 6) is -1.68. The second-order valence-electron chi connectivity index (χ2n) is 5.44. The third-order valence-electron chi connectivity index (χ3n) is 2.32. The quantitative estimate of drug-likeness (QED) is 0.835. The van der Waals surface area contributed by atoms with E-state index < -0.39 is 37.4 Å². The van der Waals surface area contributed by atoms with E-state index in [2.05, 4.69) is 5.32 Å². The number of ether oxygens (including phenoxy) is 1. The largest absolute Gasteiger partial charge is 0.508 e. The molecule has 0 bridgehead atoms. The topological polar surface area (TPSA) is 75.6 Å². The van der Waals surface area contributed by atoms with Crippen LogP contribution in [0.1, 0.15) is 32.4 Å². The van der Waals surface area contributed by atoms with Gasteiger partial charge < -0.3 is 10.1 Å². The van der Waals surface area contributed by atoms with Crippen molar-refractivity contribution in [1.29, 1.82) is 0 Å². The number of carbonyl (C=O) groups excluding carboxylic acids is 1. The number of alkyl carbamates (subject to hydrolysis) is 1. The highest BCUT2D eigenvalue weighted by Crippen LogP contribution is 2.26. The molecule has 2 unspecified atom stereocenters. The van der Waals surface area contributed by atoms with E-state index in [1.54, 1.807) is 20.8 Å². The molecule has 0 heterocycles. The SMILES string of the molecule is CC(C)(C)OC(=O)NC(C[P+](=O)O)c1cc(F)cc(F)c1. The number of carbonyl (C=O) groups is 1. The molecule has 8 heteroatoms. The first-order chi connectivity index (χ1) is 9.56. The maximum Gasteiger partial charge on any atom is 0.508 e. The van der Waals surface area contributed by atoms with Crippen LogP contribution in [0.25, 0.3) is 0 Å². The Balaban J connectivity index is 2.95.